The van der Waals surface area contributed by atoms with Crippen molar-refractivity contribution in [3.05, 3.63) is 64.8 Å². The number of halogens is 1. The number of piperidine rings is 1. The standard InChI is InChI=1S/C30H33FN2O4/c31-28-17-21(7-10-29(28)37-26-15-22-5-6-23(16-26)33(22)20-3-4-20)32-12-11-19-14-24(8-9-27(19)30(32)34)36-18-25-2-1-13-35-25/h7-12,14,17,20,22-23,25-26H,1-6,13,15-16,18H2/t22-,23+,25-,26?/m1/s1. The molecule has 37 heavy (non-hydrogen) atoms. The Balaban J connectivity index is 1.06. The van der Waals surface area contributed by atoms with Crippen LogP contribution in [0.25, 0.3) is 16.5 Å². The summed E-state index contributed by atoms with van der Waals surface area (Å²) in [6, 6.07) is 14.1. The van der Waals surface area contributed by atoms with Crippen molar-refractivity contribution in [3.63, 3.8) is 0 Å². The van der Waals surface area contributed by atoms with Crippen LogP contribution in [-0.2, 0) is 4.74 Å². The summed E-state index contributed by atoms with van der Waals surface area (Å²) in [6.07, 6.45) is 11.0. The van der Waals surface area contributed by atoms with E-state index in [1.54, 1.807) is 24.4 Å². The van der Waals surface area contributed by atoms with Crippen molar-refractivity contribution in [2.45, 2.75) is 81.7 Å². The summed E-state index contributed by atoms with van der Waals surface area (Å²) in [5, 5.41) is 1.35. The summed E-state index contributed by atoms with van der Waals surface area (Å²) in [4.78, 5) is 15.9. The number of ether oxygens (including phenoxy) is 3. The molecule has 2 aromatic carbocycles. The molecule has 2 bridgehead atoms. The fourth-order valence-corrected chi connectivity index (χ4v) is 6.63. The molecule has 3 aromatic rings. The van der Waals surface area contributed by atoms with Crippen LogP contribution < -0.4 is 15.0 Å². The third kappa shape index (κ3) is 4.53. The number of rotatable bonds is 7. The van der Waals surface area contributed by atoms with Crippen LogP contribution in [0.3, 0.4) is 0 Å². The number of fused-ring (bicyclic) bond motifs is 3. The maximum absolute atomic E-state index is 15.1. The smallest absolute Gasteiger partial charge is 0.262 e. The zero-order chi connectivity index (χ0) is 24.9. The lowest BCUT2D eigenvalue weighted by Gasteiger charge is -2.39. The van der Waals surface area contributed by atoms with E-state index in [1.165, 1.54) is 36.3 Å². The van der Waals surface area contributed by atoms with E-state index in [4.69, 9.17) is 14.2 Å². The summed E-state index contributed by atoms with van der Waals surface area (Å²) in [7, 11) is 0. The molecule has 4 heterocycles. The van der Waals surface area contributed by atoms with Crippen LogP contribution in [0.2, 0.25) is 0 Å². The van der Waals surface area contributed by atoms with Crippen molar-refractivity contribution in [2.24, 2.45) is 0 Å². The van der Waals surface area contributed by atoms with Gasteiger partial charge in [-0.1, -0.05) is 0 Å². The highest BCUT2D eigenvalue weighted by atomic mass is 19.1. The van der Waals surface area contributed by atoms with Crippen molar-refractivity contribution in [1.82, 2.24) is 9.47 Å². The van der Waals surface area contributed by atoms with E-state index in [0.717, 1.165) is 43.7 Å². The second-order valence-corrected chi connectivity index (χ2v) is 11.1. The fourth-order valence-electron chi connectivity index (χ4n) is 6.63. The van der Waals surface area contributed by atoms with Gasteiger partial charge in [0.15, 0.2) is 11.6 Å². The minimum absolute atomic E-state index is 0.0490. The van der Waals surface area contributed by atoms with Crippen LogP contribution in [0.15, 0.2) is 53.5 Å². The minimum Gasteiger partial charge on any atom is -0.491 e. The van der Waals surface area contributed by atoms with Crippen molar-refractivity contribution in [1.29, 1.82) is 0 Å². The lowest BCUT2D eigenvalue weighted by molar-refractivity contribution is 0.0424. The Bertz CT molecular complexity index is 1350. The number of benzene rings is 2. The third-order valence-electron chi connectivity index (χ3n) is 8.54. The molecule has 1 aromatic heterocycles. The van der Waals surface area contributed by atoms with Crippen molar-refractivity contribution >= 4 is 10.8 Å². The second-order valence-electron chi connectivity index (χ2n) is 11.1. The number of nitrogens with zero attached hydrogens (tertiary/aromatic N) is 2. The van der Waals surface area contributed by atoms with Crippen LogP contribution in [0.4, 0.5) is 4.39 Å². The molecule has 3 saturated heterocycles. The van der Waals surface area contributed by atoms with Gasteiger partial charge >= 0.3 is 0 Å². The van der Waals surface area contributed by atoms with Crippen LogP contribution in [-0.4, -0.2) is 53.0 Å². The second kappa shape index (κ2) is 9.44. The molecule has 3 aliphatic heterocycles. The number of hydrogen-bond acceptors (Lipinski definition) is 5. The molecular weight excluding hydrogens is 471 g/mol. The van der Waals surface area contributed by atoms with Crippen LogP contribution in [0, 0.1) is 5.82 Å². The molecule has 4 atom stereocenters. The van der Waals surface area contributed by atoms with Crippen LogP contribution in [0.1, 0.15) is 51.4 Å². The number of hydrogen-bond donors (Lipinski definition) is 0. The van der Waals surface area contributed by atoms with Crippen molar-refractivity contribution < 1.29 is 18.6 Å². The average molecular weight is 505 g/mol. The van der Waals surface area contributed by atoms with E-state index in [-0.39, 0.29) is 23.5 Å². The normalized spacial score (nSPS) is 27.6. The largest absolute Gasteiger partial charge is 0.491 e. The number of aromatic nitrogens is 1. The van der Waals surface area contributed by atoms with E-state index < -0.39 is 5.82 Å². The first-order valence-corrected chi connectivity index (χ1v) is 13.8. The Kier molecular flexibility index (Phi) is 5.93. The van der Waals surface area contributed by atoms with Gasteiger partial charge in [0.25, 0.3) is 5.56 Å². The topological polar surface area (TPSA) is 52.9 Å². The Morgan fingerprint density at radius 3 is 2.49 bits per heavy atom. The molecular formula is C30H33FN2O4. The fraction of sp³-hybridized carbons (Fsp3) is 0.500. The van der Waals surface area contributed by atoms with Gasteiger partial charge in [-0.2, -0.15) is 0 Å². The Labute approximate surface area is 215 Å². The summed E-state index contributed by atoms with van der Waals surface area (Å²) < 4.78 is 34.3. The molecule has 0 radical (unpaired) electrons. The first kappa shape index (κ1) is 23.2. The minimum atomic E-state index is -0.431. The summed E-state index contributed by atoms with van der Waals surface area (Å²) >= 11 is 0. The highest BCUT2D eigenvalue weighted by molar-refractivity contribution is 5.83. The maximum Gasteiger partial charge on any atom is 0.262 e. The summed E-state index contributed by atoms with van der Waals surface area (Å²) in [6.45, 7) is 1.30. The molecule has 4 fully saturated rings. The SMILES string of the molecule is O=c1c2ccc(OC[C@H]3CCCO3)cc2ccn1-c1ccc(OC2C[C@H]3CC[C@@H](C2)N3C2CC2)c(F)c1. The molecule has 1 saturated carbocycles. The predicted molar refractivity (Wildman–Crippen MR) is 139 cm³/mol. The van der Waals surface area contributed by atoms with E-state index in [9.17, 15) is 4.79 Å². The van der Waals surface area contributed by atoms with E-state index >= 15 is 4.39 Å². The van der Waals surface area contributed by atoms with Crippen LogP contribution in [0.5, 0.6) is 11.5 Å². The van der Waals surface area contributed by atoms with E-state index in [1.807, 2.05) is 18.2 Å². The molecule has 194 valence electrons. The molecule has 0 amide bonds. The molecule has 1 unspecified atom stereocenters. The Morgan fingerprint density at radius 2 is 1.76 bits per heavy atom. The zero-order valence-corrected chi connectivity index (χ0v) is 21.0. The van der Waals surface area contributed by atoms with Gasteiger partial charge in [0, 0.05) is 42.4 Å². The lowest BCUT2D eigenvalue weighted by Crippen LogP contribution is -2.47. The zero-order valence-electron chi connectivity index (χ0n) is 21.0. The Hall–Kier alpha value is -2.90. The predicted octanol–water partition coefficient (Wildman–Crippen LogP) is 5.22. The van der Waals surface area contributed by atoms with Gasteiger partial charge < -0.3 is 14.2 Å². The highest BCUT2D eigenvalue weighted by Crippen LogP contribution is 2.44. The summed E-state index contributed by atoms with van der Waals surface area (Å²) in [5.74, 6) is 0.554. The maximum atomic E-state index is 15.1. The van der Waals surface area contributed by atoms with Gasteiger partial charge in [-0.15, -0.1) is 0 Å². The van der Waals surface area contributed by atoms with Gasteiger partial charge in [-0.05, 0) is 93.2 Å². The first-order valence-electron chi connectivity index (χ1n) is 13.8. The molecule has 1 aliphatic carbocycles. The molecule has 7 heteroatoms. The van der Waals surface area contributed by atoms with E-state index in [0.29, 0.717) is 35.5 Å². The average Bonchev–Trinajstić information content (AvgIpc) is 3.53. The summed E-state index contributed by atoms with van der Waals surface area (Å²) in [5.41, 5.74) is 0.291. The van der Waals surface area contributed by atoms with Gasteiger partial charge in [0.1, 0.15) is 18.5 Å². The highest BCUT2D eigenvalue weighted by Gasteiger charge is 2.47. The molecule has 6 nitrogen and oxygen atoms in total. The Morgan fingerprint density at radius 1 is 0.946 bits per heavy atom. The molecule has 0 N–H and O–H groups in total. The van der Waals surface area contributed by atoms with Gasteiger partial charge in [-0.3, -0.25) is 14.3 Å². The number of pyridine rings is 1. The molecule has 0 spiro atoms. The lowest BCUT2D eigenvalue weighted by atomic mass is 9.99. The van der Waals surface area contributed by atoms with Gasteiger partial charge in [0.2, 0.25) is 0 Å². The monoisotopic (exact) mass is 504 g/mol. The van der Waals surface area contributed by atoms with Crippen molar-refractivity contribution in [2.75, 3.05) is 13.2 Å². The molecule has 4 aliphatic rings. The quantitative estimate of drug-likeness (QED) is 0.441. The van der Waals surface area contributed by atoms with Gasteiger partial charge in [0.05, 0.1) is 11.8 Å². The third-order valence-corrected chi connectivity index (χ3v) is 8.54. The van der Waals surface area contributed by atoms with Crippen molar-refractivity contribution in [3.8, 4) is 17.2 Å². The van der Waals surface area contributed by atoms with E-state index in [2.05, 4.69) is 4.90 Å². The van der Waals surface area contributed by atoms with Crippen LogP contribution >= 0.6 is 0 Å². The first-order chi connectivity index (χ1) is 18.1. The molecule has 7 rings (SSSR count). The van der Waals surface area contributed by atoms with Gasteiger partial charge in [-0.25, -0.2) is 4.39 Å².